The molecule has 4 heteroatoms. The number of ether oxygens (including phenoxy) is 1. The van der Waals surface area contributed by atoms with Crippen molar-refractivity contribution in [3.63, 3.8) is 0 Å². The number of aromatic nitrogens is 1. The molecule has 0 amide bonds. The van der Waals surface area contributed by atoms with Gasteiger partial charge in [-0.2, -0.15) is 0 Å². The van der Waals surface area contributed by atoms with Crippen LogP contribution in [0.4, 0.5) is 0 Å². The summed E-state index contributed by atoms with van der Waals surface area (Å²) in [6, 6.07) is 12.8. The van der Waals surface area contributed by atoms with E-state index in [4.69, 9.17) is 4.74 Å². The van der Waals surface area contributed by atoms with Crippen LogP contribution in [-0.2, 0) is 13.1 Å². The Labute approximate surface area is 156 Å². The summed E-state index contributed by atoms with van der Waals surface area (Å²) < 4.78 is 6.71. The molecular weight excluding hydrogens is 322 g/mol. The molecule has 0 saturated carbocycles. The second-order valence-electron chi connectivity index (χ2n) is 7.80. The van der Waals surface area contributed by atoms with E-state index in [2.05, 4.69) is 59.0 Å². The van der Waals surface area contributed by atoms with E-state index in [0.717, 1.165) is 63.6 Å². The standard InChI is InChI=1S/C22H29N3O/c1-3-24-12-9-22(10-13-24)17-25(16-20-6-4-5-11-23-20)15-19-14-18(2)7-8-21(19)26-22/h4-8,11,14H,3,9-10,12-13,15-17H2,1-2H3. The zero-order valence-corrected chi connectivity index (χ0v) is 15.9. The summed E-state index contributed by atoms with van der Waals surface area (Å²) in [5.41, 5.74) is 3.64. The molecule has 2 aromatic rings. The van der Waals surface area contributed by atoms with Gasteiger partial charge in [0.05, 0.1) is 5.69 Å². The molecule has 0 unspecified atom stereocenters. The summed E-state index contributed by atoms with van der Waals surface area (Å²) in [6.45, 7) is 10.5. The first-order chi connectivity index (χ1) is 12.7. The van der Waals surface area contributed by atoms with Crippen molar-refractivity contribution in [1.29, 1.82) is 0 Å². The molecule has 0 aliphatic carbocycles. The minimum absolute atomic E-state index is 0.0824. The molecule has 138 valence electrons. The van der Waals surface area contributed by atoms with Crippen LogP contribution in [0.1, 0.15) is 36.6 Å². The highest BCUT2D eigenvalue weighted by atomic mass is 16.5. The second kappa shape index (κ2) is 7.37. The third-order valence-electron chi connectivity index (χ3n) is 5.77. The maximum absolute atomic E-state index is 6.71. The molecular formula is C22H29N3O. The van der Waals surface area contributed by atoms with E-state index in [9.17, 15) is 0 Å². The van der Waals surface area contributed by atoms with Crippen molar-refractivity contribution in [1.82, 2.24) is 14.8 Å². The summed E-state index contributed by atoms with van der Waals surface area (Å²) in [4.78, 5) is 9.59. The Balaban J connectivity index is 1.62. The molecule has 1 fully saturated rings. The molecule has 1 spiro atoms. The minimum atomic E-state index is -0.0824. The number of pyridine rings is 1. The van der Waals surface area contributed by atoms with Gasteiger partial charge in [0.25, 0.3) is 0 Å². The number of hydrogen-bond acceptors (Lipinski definition) is 4. The topological polar surface area (TPSA) is 28.6 Å². The number of aryl methyl sites for hydroxylation is 1. The molecule has 2 aliphatic heterocycles. The molecule has 3 heterocycles. The lowest BCUT2D eigenvalue weighted by molar-refractivity contribution is -0.0188. The van der Waals surface area contributed by atoms with Gasteiger partial charge in [-0.15, -0.1) is 0 Å². The van der Waals surface area contributed by atoms with Crippen molar-refractivity contribution in [2.45, 2.75) is 45.4 Å². The zero-order chi connectivity index (χ0) is 18.0. The van der Waals surface area contributed by atoms with Gasteiger partial charge in [-0.1, -0.05) is 30.7 Å². The van der Waals surface area contributed by atoms with Crippen LogP contribution in [0.15, 0.2) is 42.6 Å². The van der Waals surface area contributed by atoms with E-state index in [1.54, 1.807) is 0 Å². The summed E-state index contributed by atoms with van der Waals surface area (Å²) in [7, 11) is 0. The van der Waals surface area contributed by atoms with Gasteiger partial charge in [0.1, 0.15) is 11.4 Å². The predicted octanol–water partition coefficient (Wildman–Crippen LogP) is 3.64. The molecule has 0 radical (unpaired) electrons. The Morgan fingerprint density at radius 2 is 1.96 bits per heavy atom. The molecule has 26 heavy (non-hydrogen) atoms. The largest absolute Gasteiger partial charge is 0.486 e. The Morgan fingerprint density at radius 3 is 2.69 bits per heavy atom. The number of fused-ring (bicyclic) bond motifs is 1. The van der Waals surface area contributed by atoms with Gasteiger partial charge < -0.3 is 9.64 Å². The van der Waals surface area contributed by atoms with E-state index in [1.165, 1.54) is 11.1 Å². The van der Waals surface area contributed by atoms with Crippen LogP contribution in [0.25, 0.3) is 0 Å². The second-order valence-corrected chi connectivity index (χ2v) is 7.80. The lowest BCUT2D eigenvalue weighted by atomic mass is 9.90. The van der Waals surface area contributed by atoms with E-state index in [-0.39, 0.29) is 5.60 Å². The molecule has 1 aromatic heterocycles. The maximum atomic E-state index is 6.71. The number of nitrogens with zero attached hydrogens (tertiary/aromatic N) is 3. The Bertz CT molecular complexity index is 738. The smallest absolute Gasteiger partial charge is 0.124 e. The Morgan fingerprint density at radius 1 is 1.12 bits per heavy atom. The van der Waals surface area contributed by atoms with Crippen LogP contribution in [0, 0.1) is 6.92 Å². The summed E-state index contributed by atoms with van der Waals surface area (Å²) >= 11 is 0. The Kier molecular flexibility index (Phi) is 4.96. The lowest BCUT2D eigenvalue weighted by Crippen LogP contribution is -2.53. The summed E-state index contributed by atoms with van der Waals surface area (Å²) in [5.74, 6) is 1.07. The summed E-state index contributed by atoms with van der Waals surface area (Å²) in [6.07, 6.45) is 4.07. The quantitative estimate of drug-likeness (QED) is 0.844. The van der Waals surface area contributed by atoms with Crippen molar-refractivity contribution < 1.29 is 4.74 Å². The Hall–Kier alpha value is -1.91. The molecule has 1 saturated heterocycles. The van der Waals surface area contributed by atoms with Crippen LogP contribution in [-0.4, -0.2) is 46.6 Å². The van der Waals surface area contributed by atoms with Crippen LogP contribution in [0.5, 0.6) is 5.75 Å². The van der Waals surface area contributed by atoms with Crippen molar-refractivity contribution in [3.05, 3.63) is 59.4 Å². The molecule has 2 aliphatic rings. The molecule has 0 atom stereocenters. The van der Waals surface area contributed by atoms with E-state index in [0.29, 0.717) is 0 Å². The van der Waals surface area contributed by atoms with Crippen molar-refractivity contribution in [3.8, 4) is 5.75 Å². The monoisotopic (exact) mass is 351 g/mol. The molecule has 0 N–H and O–H groups in total. The average Bonchev–Trinajstić information content (AvgIpc) is 2.79. The first-order valence-corrected chi connectivity index (χ1v) is 9.79. The number of benzene rings is 1. The van der Waals surface area contributed by atoms with Gasteiger partial charge in [-0.05, 0) is 31.7 Å². The van der Waals surface area contributed by atoms with Gasteiger partial charge >= 0.3 is 0 Å². The van der Waals surface area contributed by atoms with Gasteiger partial charge in [-0.3, -0.25) is 9.88 Å². The van der Waals surface area contributed by atoms with Gasteiger partial charge in [-0.25, -0.2) is 0 Å². The number of likely N-dealkylation sites (tertiary alicyclic amines) is 1. The van der Waals surface area contributed by atoms with E-state index < -0.39 is 0 Å². The third-order valence-corrected chi connectivity index (χ3v) is 5.77. The maximum Gasteiger partial charge on any atom is 0.124 e. The van der Waals surface area contributed by atoms with Crippen LogP contribution >= 0.6 is 0 Å². The molecule has 0 bridgehead atoms. The summed E-state index contributed by atoms with van der Waals surface area (Å²) in [5, 5.41) is 0. The molecule has 1 aromatic carbocycles. The highest BCUT2D eigenvalue weighted by Crippen LogP contribution is 2.36. The first-order valence-electron chi connectivity index (χ1n) is 9.79. The highest BCUT2D eigenvalue weighted by Gasteiger charge is 2.40. The predicted molar refractivity (Wildman–Crippen MR) is 104 cm³/mol. The van der Waals surface area contributed by atoms with Gasteiger partial charge in [0.15, 0.2) is 0 Å². The van der Waals surface area contributed by atoms with Crippen molar-refractivity contribution >= 4 is 0 Å². The van der Waals surface area contributed by atoms with Crippen LogP contribution in [0.2, 0.25) is 0 Å². The zero-order valence-electron chi connectivity index (χ0n) is 15.9. The fourth-order valence-electron chi connectivity index (χ4n) is 4.27. The third kappa shape index (κ3) is 3.76. The number of hydrogen-bond donors (Lipinski definition) is 0. The molecule has 4 rings (SSSR count). The normalized spacial score (nSPS) is 20.4. The lowest BCUT2D eigenvalue weighted by Gasteiger charge is -2.42. The fraction of sp³-hybridized carbons (Fsp3) is 0.500. The van der Waals surface area contributed by atoms with Gasteiger partial charge in [0, 0.05) is 57.3 Å². The fourth-order valence-corrected chi connectivity index (χ4v) is 4.27. The van der Waals surface area contributed by atoms with Crippen molar-refractivity contribution in [2.75, 3.05) is 26.2 Å². The first kappa shape index (κ1) is 17.5. The molecule has 4 nitrogen and oxygen atoms in total. The minimum Gasteiger partial charge on any atom is -0.486 e. The number of piperidine rings is 1. The van der Waals surface area contributed by atoms with Crippen LogP contribution < -0.4 is 4.74 Å². The van der Waals surface area contributed by atoms with E-state index >= 15 is 0 Å². The SMILES string of the molecule is CCN1CCC2(CC1)CN(Cc1ccccn1)Cc1cc(C)ccc1O2. The van der Waals surface area contributed by atoms with Crippen LogP contribution in [0.3, 0.4) is 0 Å². The average molecular weight is 351 g/mol. The number of rotatable bonds is 3. The highest BCUT2D eigenvalue weighted by molar-refractivity contribution is 5.38. The van der Waals surface area contributed by atoms with Gasteiger partial charge in [0.2, 0.25) is 0 Å². The van der Waals surface area contributed by atoms with E-state index in [1.807, 2.05) is 12.3 Å². The van der Waals surface area contributed by atoms with Crippen molar-refractivity contribution in [2.24, 2.45) is 0 Å².